The Kier molecular flexibility index (Phi) is 7.42. The fraction of sp³-hybridized carbons (Fsp3) is 0.733. The minimum Gasteiger partial charge on any atom is -0.465 e. The van der Waals surface area contributed by atoms with Crippen LogP contribution in [-0.4, -0.2) is 25.2 Å². The van der Waals surface area contributed by atoms with Crippen molar-refractivity contribution in [2.24, 2.45) is 11.3 Å². The third kappa shape index (κ3) is 5.05. The molecule has 0 aliphatic rings. The van der Waals surface area contributed by atoms with Gasteiger partial charge in [-0.1, -0.05) is 19.4 Å². The van der Waals surface area contributed by atoms with Gasteiger partial charge in [0.2, 0.25) is 0 Å². The fourth-order valence-corrected chi connectivity index (χ4v) is 2.22. The number of hydrogen-bond acceptors (Lipinski definition) is 4. The lowest BCUT2D eigenvalue weighted by atomic mass is 9.75. The summed E-state index contributed by atoms with van der Waals surface area (Å²) in [5.41, 5.74) is -0.492. The van der Waals surface area contributed by atoms with Crippen molar-refractivity contribution < 1.29 is 19.1 Å². The van der Waals surface area contributed by atoms with Gasteiger partial charge in [-0.2, -0.15) is 0 Å². The molecule has 110 valence electrons. The highest BCUT2D eigenvalue weighted by Gasteiger charge is 2.48. The molecule has 0 aromatic heterocycles. The van der Waals surface area contributed by atoms with Crippen LogP contribution < -0.4 is 0 Å². The Morgan fingerprint density at radius 2 is 1.53 bits per heavy atom. The van der Waals surface area contributed by atoms with Gasteiger partial charge in [0, 0.05) is 0 Å². The van der Waals surface area contributed by atoms with Crippen LogP contribution in [0.15, 0.2) is 12.2 Å². The summed E-state index contributed by atoms with van der Waals surface area (Å²) in [7, 11) is 0. The lowest BCUT2D eigenvalue weighted by molar-refractivity contribution is -0.173. The third-order valence-electron chi connectivity index (χ3n) is 2.69. The van der Waals surface area contributed by atoms with Crippen LogP contribution in [0.3, 0.4) is 0 Å². The molecule has 19 heavy (non-hydrogen) atoms. The van der Waals surface area contributed by atoms with Crippen molar-refractivity contribution in [1.82, 2.24) is 0 Å². The summed E-state index contributed by atoms with van der Waals surface area (Å²) in [5.74, 6) is -0.844. The van der Waals surface area contributed by atoms with Gasteiger partial charge in [0.05, 0.1) is 13.2 Å². The molecular weight excluding hydrogens is 244 g/mol. The number of esters is 2. The van der Waals surface area contributed by atoms with Crippen molar-refractivity contribution in [1.29, 1.82) is 0 Å². The maximum atomic E-state index is 12.3. The number of hydrogen-bond donors (Lipinski definition) is 0. The first-order chi connectivity index (χ1) is 8.80. The predicted octanol–water partition coefficient (Wildman–Crippen LogP) is 3.11. The molecule has 0 aliphatic carbocycles. The number of allylic oxidation sites excluding steroid dienone is 1. The molecule has 0 atom stereocenters. The minimum absolute atomic E-state index is 0.174. The second-order valence-electron chi connectivity index (χ2n) is 5.25. The van der Waals surface area contributed by atoms with Gasteiger partial charge < -0.3 is 9.47 Å². The van der Waals surface area contributed by atoms with Gasteiger partial charge in [-0.15, -0.1) is 6.58 Å². The quantitative estimate of drug-likeness (QED) is 0.386. The molecule has 0 amide bonds. The van der Waals surface area contributed by atoms with Gasteiger partial charge in [-0.05, 0) is 39.5 Å². The van der Waals surface area contributed by atoms with Crippen molar-refractivity contribution in [2.45, 2.75) is 47.5 Å². The molecular formula is C15H26O4. The van der Waals surface area contributed by atoms with Crippen LogP contribution in [0.1, 0.15) is 47.5 Å². The SMILES string of the molecule is C=C(C)CC(CC(C)C)(C(=O)OCC)C(=O)OCC. The summed E-state index contributed by atoms with van der Waals surface area (Å²) in [4.78, 5) is 24.6. The average molecular weight is 270 g/mol. The van der Waals surface area contributed by atoms with Crippen LogP contribution in [0.25, 0.3) is 0 Å². The first-order valence-electron chi connectivity index (χ1n) is 6.79. The van der Waals surface area contributed by atoms with Crippen molar-refractivity contribution in [2.75, 3.05) is 13.2 Å². The van der Waals surface area contributed by atoms with E-state index in [2.05, 4.69) is 6.58 Å². The smallest absolute Gasteiger partial charge is 0.323 e. The van der Waals surface area contributed by atoms with Crippen LogP contribution in [0, 0.1) is 11.3 Å². The van der Waals surface area contributed by atoms with E-state index in [0.717, 1.165) is 5.57 Å². The molecule has 0 heterocycles. The summed E-state index contributed by atoms with van der Waals surface area (Å²) in [5, 5.41) is 0. The molecule has 0 saturated heterocycles. The molecule has 0 unspecified atom stereocenters. The Hall–Kier alpha value is -1.32. The zero-order chi connectivity index (χ0) is 15.1. The highest BCUT2D eigenvalue weighted by atomic mass is 16.6. The van der Waals surface area contributed by atoms with E-state index in [9.17, 15) is 9.59 Å². The zero-order valence-corrected chi connectivity index (χ0v) is 12.7. The van der Waals surface area contributed by atoms with E-state index < -0.39 is 17.4 Å². The molecule has 4 nitrogen and oxygen atoms in total. The van der Waals surface area contributed by atoms with Crippen molar-refractivity contribution >= 4 is 11.9 Å². The Morgan fingerprint density at radius 1 is 1.11 bits per heavy atom. The second-order valence-corrected chi connectivity index (χ2v) is 5.25. The van der Waals surface area contributed by atoms with Gasteiger partial charge in [-0.3, -0.25) is 9.59 Å². The van der Waals surface area contributed by atoms with Crippen molar-refractivity contribution in [3.63, 3.8) is 0 Å². The molecule has 0 spiro atoms. The van der Waals surface area contributed by atoms with E-state index in [1.165, 1.54) is 0 Å². The molecule has 0 fully saturated rings. The first-order valence-corrected chi connectivity index (χ1v) is 6.79. The van der Waals surface area contributed by atoms with Gasteiger partial charge in [-0.25, -0.2) is 0 Å². The Morgan fingerprint density at radius 3 is 1.79 bits per heavy atom. The Balaban J connectivity index is 5.48. The number of rotatable bonds is 8. The average Bonchev–Trinajstić information content (AvgIpc) is 2.27. The summed E-state index contributed by atoms with van der Waals surface area (Å²) in [6, 6.07) is 0. The third-order valence-corrected chi connectivity index (χ3v) is 2.69. The van der Waals surface area contributed by atoms with Crippen LogP contribution >= 0.6 is 0 Å². The minimum atomic E-state index is -1.26. The monoisotopic (exact) mass is 270 g/mol. The van der Waals surface area contributed by atoms with Crippen LogP contribution in [0.2, 0.25) is 0 Å². The molecule has 0 radical (unpaired) electrons. The molecule has 0 saturated carbocycles. The molecule has 4 heteroatoms. The zero-order valence-electron chi connectivity index (χ0n) is 12.7. The van der Waals surface area contributed by atoms with Gasteiger partial charge in [0.25, 0.3) is 0 Å². The van der Waals surface area contributed by atoms with Crippen LogP contribution in [0.4, 0.5) is 0 Å². The van der Waals surface area contributed by atoms with E-state index in [1.54, 1.807) is 20.8 Å². The van der Waals surface area contributed by atoms with Crippen LogP contribution in [-0.2, 0) is 19.1 Å². The topological polar surface area (TPSA) is 52.6 Å². The Bertz CT molecular complexity index is 313. The van der Waals surface area contributed by atoms with Gasteiger partial charge >= 0.3 is 11.9 Å². The second kappa shape index (κ2) is 7.97. The maximum absolute atomic E-state index is 12.3. The fourth-order valence-electron chi connectivity index (χ4n) is 2.22. The number of ether oxygens (including phenoxy) is 2. The van der Waals surface area contributed by atoms with Crippen molar-refractivity contribution in [3.8, 4) is 0 Å². The molecule has 0 aromatic rings. The molecule has 0 N–H and O–H groups in total. The molecule has 0 bridgehead atoms. The Labute approximate surface area is 116 Å². The first kappa shape index (κ1) is 17.7. The lowest BCUT2D eigenvalue weighted by Gasteiger charge is -2.30. The lowest BCUT2D eigenvalue weighted by Crippen LogP contribution is -2.43. The highest BCUT2D eigenvalue weighted by Crippen LogP contribution is 2.36. The normalized spacial score (nSPS) is 11.3. The van der Waals surface area contributed by atoms with Gasteiger partial charge in [0.15, 0.2) is 5.41 Å². The van der Waals surface area contributed by atoms with Crippen LogP contribution in [0.5, 0.6) is 0 Å². The maximum Gasteiger partial charge on any atom is 0.323 e. The highest BCUT2D eigenvalue weighted by molar-refractivity contribution is 6.00. The summed E-state index contributed by atoms with van der Waals surface area (Å²) < 4.78 is 10.2. The van der Waals surface area contributed by atoms with Crippen molar-refractivity contribution in [3.05, 3.63) is 12.2 Å². The largest absolute Gasteiger partial charge is 0.465 e. The summed E-state index contributed by atoms with van der Waals surface area (Å²) in [6.07, 6.45) is 0.667. The standard InChI is InChI=1S/C15H26O4/c1-7-18-13(16)15(9-11(3)4,10-12(5)6)14(17)19-8-2/h12H,3,7-10H2,1-2,4-6H3. The number of carbonyl (C=O) groups excluding carboxylic acids is 2. The summed E-state index contributed by atoms with van der Waals surface area (Å²) in [6.45, 7) is 13.5. The molecule has 0 rings (SSSR count). The number of carbonyl (C=O) groups is 2. The van der Waals surface area contributed by atoms with E-state index in [4.69, 9.17) is 9.47 Å². The van der Waals surface area contributed by atoms with E-state index in [1.807, 2.05) is 13.8 Å². The van der Waals surface area contributed by atoms with Gasteiger partial charge in [0.1, 0.15) is 0 Å². The van der Waals surface area contributed by atoms with E-state index in [-0.39, 0.29) is 25.6 Å². The molecule has 0 aliphatic heterocycles. The van der Waals surface area contributed by atoms with E-state index in [0.29, 0.717) is 6.42 Å². The summed E-state index contributed by atoms with van der Waals surface area (Å²) >= 11 is 0. The molecule has 0 aromatic carbocycles. The van der Waals surface area contributed by atoms with E-state index >= 15 is 0 Å². The predicted molar refractivity (Wildman–Crippen MR) is 74.6 cm³/mol.